The van der Waals surface area contributed by atoms with E-state index < -0.39 is 64.7 Å². The standard InChI is InChI=1S/C16H11F9N4O2/c1-3-29-8(5-27)7(4-26)28-10-9(6(2)30)11(31-12(10)29)13(17,18)14(19,20)15(21,22)16(23,24)25/h10,12,28H,3H2,1-2H3. The van der Waals surface area contributed by atoms with E-state index in [1.165, 1.54) is 19.1 Å². The third-order valence-corrected chi connectivity index (χ3v) is 4.58. The lowest BCUT2D eigenvalue weighted by Gasteiger charge is -2.38. The van der Waals surface area contributed by atoms with Crippen molar-refractivity contribution in [2.75, 3.05) is 6.54 Å². The molecule has 6 nitrogen and oxygen atoms in total. The summed E-state index contributed by atoms with van der Waals surface area (Å²) in [4.78, 5) is 12.7. The van der Waals surface area contributed by atoms with E-state index in [2.05, 4.69) is 10.1 Å². The first-order valence-electron chi connectivity index (χ1n) is 8.21. The molecule has 2 rings (SSSR count). The van der Waals surface area contributed by atoms with Crippen molar-refractivity contribution in [3.05, 3.63) is 22.7 Å². The predicted molar refractivity (Wildman–Crippen MR) is 81.0 cm³/mol. The largest absolute Gasteiger partial charge is 0.465 e. The molecule has 0 aliphatic carbocycles. The monoisotopic (exact) mass is 462 g/mol. The maximum atomic E-state index is 14.5. The summed E-state index contributed by atoms with van der Waals surface area (Å²) in [6.45, 7) is 1.61. The molecule has 1 N–H and O–H groups in total. The Labute approximate surface area is 168 Å². The van der Waals surface area contributed by atoms with Crippen LogP contribution >= 0.6 is 0 Å². The first kappa shape index (κ1) is 24.2. The number of carbonyl (C=O) groups is 1. The Kier molecular flexibility index (Phi) is 5.65. The minimum absolute atomic E-state index is 0.268. The number of alkyl halides is 9. The molecule has 2 atom stereocenters. The minimum Gasteiger partial charge on any atom is -0.465 e. The number of rotatable bonds is 5. The number of halogens is 9. The number of ketones is 1. The van der Waals surface area contributed by atoms with Gasteiger partial charge in [0.2, 0.25) is 0 Å². The van der Waals surface area contributed by atoms with Crippen molar-refractivity contribution in [2.45, 2.75) is 50.1 Å². The second kappa shape index (κ2) is 7.25. The van der Waals surface area contributed by atoms with Gasteiger partial charge in [-0.15, -0.1) is 0 Å². The van der Waals surface area contributed by atoms with Gasteiger partial charge in [0.25, 0.3) is 0 Å². The van der Waals surface area contributed by atoms with Crippen LogP contribution in [0.25, 0.3) is 0 Å². The van der Waals surface area contributed by atoms with Crippen LogP contribution in [-0.4, -0.2) is 53.4 Å². The molecular weight excluding hydrogens is 451 g/mol. The molecule has 31 heavy (non-hydrogen) atoms. The van der Waals surface area contributed by atoms with Crippen molar-refractivity contribution < 1.29 is 49.0 Å². The van der Waals surface area contributed by atoms with Crippen LogP contribution in [-0.2, 0) is 9.53 Å². The van der Waals surface area contributed by atoms with Crippen LogP contribution in [0.5, 0.6) is 0 Å². The molecule has 2 aliphatic rings. The van der Waals surface area contributed by atoms with E-state index in [9.17, 15) is 49.6 Å². The summed E-state index contributed by atoms with van der Waals surface area (Å²) in [6, 6.07) is 1.17. The average Bonchev–Trinajstić information content (AvgIpc) is 3.04. The molecule has 170 valence electrons. The van der Waals surface area contributed by atoms with Crippen LogP contribution in [0, 0.1) is 22.7 Å². The van der Waals surface area contributed by atoms with Gasteiger partial charge in [-0.3, -0.25) is 4.79 Å². The van der Waals surface area contributed by atoms with Gasteiger partial charge in [-0.2, -0.15) is 50.0 Å². The highest BCUT2D eigenvalue weighted by atomic mass is 19.4. The lowest BCUT2D eigenvalue weighted by Crippen LogP contribution is -2.61. The fourth-order valence-electron chi connectivity index (χ4n) is 3.10. The van der Waals surface area contributed by atoms with Crippen molar-refractivity contribution in [1.29, 1.82) is 10.5 Å². The SMILES string of the molecule is CCN1C(C#N)=C(C#N)NC2C(C(C)=O)=C(C(F)(F)C(F)(F)C(F)(F)C(F)(F)F)OC21. The number of Topliss-reactive ketones (excluding diaryl/α,β-unsaturated/α-hetero) is 1. The van der Waals surface area contributed by atoms with Crippen molar-refractivity contribution in [2.24, 2.45) is 0 Å². The number of hydrogen-bond donors (Lipinski definition) is 1. The smallest absolute Gasteiger partial charge is 0.460 e. The number of likely N-dealkylation sites (N-methyl/N-ethyl adjacent to an activating group) is 1. The molecule has 2 heterocycles. The van der Waals surface area contributed by atoms with Gasteiger partial charge >= 0.3 is 23.9 Å². The summed E-state index contributed by atoms with van der Waals surface area (Å²) >= 11 is 0. The number of fused-ring (bicyclic) bond motifs is 1. The molecule has 0 saturated heterocycles. The highest BCUT2D eigenvalue weighted by Gasteiger charge is 2.84. The lowest BCUT2D eigenvalue weighted by atomic mass is 9.94. The summed E-state index contributed by atoms with van der Waals surface area (Å²) in [5.74, 6) is -24.4. The van der Waals surface area contributed by atoms with Gasteiger partial charge in [0, 0.05) is 6.54 Å². The van der Waals surface area contributed by atoms with Crippen molar-refractivity contribution in [1.82, 2.24) is 10.2 Å². The average molecular weight is 462 g/mol. The third-order valence-electron chi connectivity index (χ3n) is 4.58. The van der Waals surface area contributed by atoms with Crippen LogP contribution in [0.3, 0.4) is 0 Å². The van der Waals surface area contributed by atoms with Gasteiger partial charge in [-0.25, -0.2) is 0 Å². The first-order valence-corrected chi connectivity index (χ1v) is 8.21. The number of nitriles is 2. The van der Waals surface area contributed by atoms with Crippen LogP contribution in [0.2, 0.25) is 0 Å². The van der Waals surface area contributed by atoms with E-state index >= 15 is 0 Å². The number of ether oxygens (including phenoxy) is 1. The van der Waals surface area contributed by atoms with E-state index in [1.807, 2.05) is 0 Å². The second-order valence-corrected chi connectivity index (χ2v) is 6.38. The van der Waals surface area contributed by atoms with Gasteiger partial charge < -0.3 is 15.0 Å². The van der Waals surface area contributed by atoms with Crippen molar-refractivity contribution in [3.63, 3.8) is 0 Å². The molecule has 0 fully saturated rings. The minimum atomic E-state index is -7.19. The van der Waals surface area contributed by atoms with Gasteiger partial charge in [0.05, 0.1) is 5.57 Å². The number of hydrogen-bond acceptors (Lipinski definition) is 6. The number of carbonyl (C=O) groups excluding carboxylic acids is 1. The zero-order valence-corrected chi connectivity index (χ0v) is 15.4. The first-order chi connectivity index (χ1) is 14.0. The number of allylic oxidation sites excluding steroid dienone is 3. The molecule has 2 unspecified atom stereocenters. The van der Waals surface area contributed by atoms with E-state index in [0.717, 1.165) is 4.90 Å². The summed E-state index contributed by atoms with van der Waals surface area (Å²) in [5.41, 5.74) is -2.45. The molecule has 0 radical (unpaired) electrons. The molecule has 0 saturated carbocycles. The fourth-order valence-corrected chi connectivity index (χ4v) is 3.10. The summed E-state index contributed by atoms with van der Waals surface area (Å²) < 4.78 is 125. The molecule has 2 aliphatic heterocycles. The van der Waals surface area contributed by atoms with Crippen LogP contribution < -0.4 is 5.32 Å². The van der Waals surface area contributed by atoms with Crippen molar-refractivity contribution >= 4 is 5.78 Å². The Balaban J connectivity index is 2.70. The van der Waals surface area contributed by atoms with Gasteiger partial charge in [0.15, 0.2) is 23.5 Å². The normalized spacial score (nSPS) is 22.4. The Morgan fingerprint density at radius 1 is 1.06 bits per heavy atom. The quantitative estimate of drug-likeness (QED) is 0.632. The van der Waals surface area contributed by atoms with E-state index in [0.29, 0.717) is 6.92 Å². The summed E-state index contributed by atoms with van der Waals surface area (Å²) in [5, 5.41) is 20.4. The van der Waals surface area contributed by atoms with Gasteiger partial charge in [-0.1, -0.05) is 0 Å². The van der Waals surface area contributed by atoms with Crippen molar-refractivity contribution in [3.8, 4) is 12.1 Å². The lowest BCUT2D eigenvalue weighted by molar-refractivity contribution is -0.393. The molecule has 0 aromatic rings. The Morgan fingerprint density at radius 3 is 2.00 bits per heavy atom. The highest BCUT2D eigenvalue weighted by molar-refractivity contribution is 5.96. The molecule has 0 amide bonds. The predicted octanol–water partition coefficient (Wildman–Crippen LogP) is 3.21. The number of nitrogens with one attached hydrogen (secondary N) is 1. The fraction of sp³-hybridized carbons (Fsp3) is 0.562. The van der Waals surface area contributed by atoms with E-state index in [1.54, 1.807) is 0 Å². The Hall–Kier alpha value is -3.10. The third kappa shape index (κ3) is 3.23. The maximum Gasteiger partial charge on any atom is 0.460 e. The Morgan fingerprint density at radius 2 is 1.61 bits per heavy atom. The topological polar surface area (TPSA) is 89.2 Å². The highest BCUT2D eigenvalue weighted by Crippen LogP contribution is 2.57. The second-order valence-electron chi connectivity index (χ2n) is 6.38. The number of nitrogens with zero attached hydrogens (tertiary/aromatic N) is 3. The van der Waals surface area contributed by atoms with Crippen LogP contribution in [0.4, 0.5) is 39.5 Å². The zero-order valence-electron chi connectivity index (χ0n) is 15.4. The van der Waals surface area contributed by atoms with E-state index in [-0.39, 0.29) is 6.54 Å². The molecule has 15 heteroatoms. The molecule has 0 aromatic heterocycles. The zero-order chi connectivity index (χ0) is 24.2. The van der Waals surface area contributed by atoms with Gasteiger partial charge in [0.1, 0.15) is 23.9 Å². The molecule has 0 spiro atoms. The maximum absolute atomic E-state index is 14.5. The summed E-state index contributed by atoms with van der Waals surface area (Å²) in [6.07, 6.45) is -8.94. The van der Waals surface area contributed by atoms with Gasteiger partial charge in [-0.05, 0) is 13.8 Å². The summed E-state index contributed by atoms with van der Waals surface area (Å²) in [7, 11) is 0. The Bertz CT molecular complexity index is 940. The van der Waals surface area contributed by atoms with Crippen LogP contribution in [0.1, 0.15) is 13.8 Å². The van der Waals surface area contributed by atoms with Crippen LogP contribution in [0.15, 0.2) is 22.7 Å². The molecular formula is C16H11F9N4O2. The molecule has 0 bridgehead atoms. The molecule has 0 aromatic carbocycles. The van der Waals surface area contributed by atoms with E-state index in [4.69, 9.17) is 5.26 Å².